The van der Waals surface area contributed by atoms with E-state index in [1.807, 2.05) is 0 Å². The molecule has 0 fully saturated rings. The predicted octanol–water partition coefficient (Wildman–Crippen LogP) is 5.95. The van der Waals surface area contributed by atoms with Gasteiger partial charge >= 0.3 is 11.9 Å². The van der Waals surface area contributed by atoms with E-state index in [-0.39, 0.29) is 24.0 Å². The fourth-order valence-electron chi connectivity index (χ4n) is 4.42. The lowest BCUT2D eigenvalue weighted by atomic mass is 9.70. The highest BCUT2D eigenvalue weighted by Crippen LogP contribution is 2.40. The molecule has 1 aliphatic heterocycles. The highest BCUT2D eigenvalue weighted by atomic mass is 16.6. The summed E-state index contributed by atoms with van der Waals surface area (Å²) in [6.45, 7) is 12.1. The Hall–Kier alpha value is -2.43. The molecule has 32 heavy (non-hydrogen) atoms. The number of Topliss-reactive ketones (excluding diaryl/α,β-unsaturated/α-hetero) is 1. The second-order valence-corrected chi connectivity index (χ2v) is 9.61. The Morgan fingerprint density at radius 3 is 2.44 bits per heavy atom. The summed E-state index contributed by atoms with van der Waals surface area (Å²) < 4.78 is 10.3. The van der Waals surface area contributed by atoms with Gasteiger partial charge in [-0.05, 0) is 66.7 Å². The Balaban J connectivity index is 1.86. The minimum atomic E-state index is -0.454. The largest absolute Gasteiger partial charge is 0.458 e. The summed E-state index contributed by atoms with van der Waals surface area (Å²) in [6.07, 6.45) is 11.2. The summed E-state index contributed by atoms with van der Waals surface area (Å²) in [5.41, 5.74) is 5.64. The van der Waals surface area contributed by atoms with E-state index < -0.39 is 6.10 Å². The van der Waals surface area contributed by atoms with Gasteiger partial charge in [0.05, 0.1) is 0 Å². The number of ether oxygens (including phenoxy) is 2. The maximum atomic E-state index is 12.3. The molecule has 0 amide bonds. The van der Waals surface area contributed by atoms with Gasteiger partial charge in [0.2, 0.25) is 0 Å². The summed E-state index contributed by atoms with van der Waals surface area (Å²) in [5.74, 6) is -0.393. The van der Waals surface area contributed by atoms with Crippen molar-refractivity contribution in [1.82, 2.24) is 0 Å². The van der Waals surface area contributed by atoms with Crippen LogP contribution in [0.4, 0.5) is 0 Å². The minimum absolute atomic E-state index is 0.184. The Kier molecular flexibility index (Phi) is 9.23. The number of carbonyl (C=O) groups excluding carboxylic acids is 3. The molecule has 0 N–H and O–H groups in total. The van der Waals surface area contributed by atoms with E-state index in [4.69, 9.17) is 9.47 Å². The fourth-order valence-corrected chi connectivity index (χ4v) is 4.42. The molecule has 1 heterocycles. The van der Waals surface area contributed by atoms with Crippen molar-refractivity contribution < 1.29 is 23.9 Å². The monoisotopic (exact) mass is 442 g/mol. The van der Waals surface area contributed by atoms with Crippen LogP contribution in [0.5, 0.6) is 0 Å². The van der Waals surface area contributed by atoms with Gasteiger partial charge in [0.25, 0.3) is 0 Å². The number of rotatable bonds is 10. The van der Waals surface area contributed by atoms with Crippen LogP contribution in [0.25, 0.3) is 0 Å². The van der Waals surface area contributed by atoms with Crippen LogP contribution >= 0.6 is 0 Å². The van der Waals surface area contributed by atoms with Gasteiger partial charge in [0.1, 0.15) is 18.5 Å². The molecule has 176 valence electrons. The van der Waals surface area contributed by atoms with Crippen LogP contribution in [0.15, 0.2) is 46.1 Å². The van der Waals surface area contributed by atoms with Crippen molar-refractivity contribution in [1.29, 1.82) is 0 Å². The van der Waals surface area contributed by atoms with E-state index >= 15 is 0 Å². The van der Waals surface area contributed by atoms with Crippen molar-refractivity contribution in [2.45, 2.75) is 92.6 Å². The van der Waals surface area contributed by atoms with Crippen LogP contribution in [-0.2, 0) is 23.9 Å². The lowest BCUT2D eigenvalue weighted by Gasteiger charge is -2.33. The van der Waals surface area contributed by atoms with Crippen molar-refractivity contribution in [3.05, 3.63) is 46.1 Å². The van der Waals surface area contributed by atoms with Crippen molar-refractivity contribution in [3.63, 3.8) is 0 Å². The molecule has 2 rings (SSSR count). The van der Waals surface area contributed by atoms with E-state index in [1.54, 1.807) is 0 Å². The van der Waals surface area contributed by atoms with E-state index in [9.17, 15) is 14.4 Å². The molecular formula is C27H38O5. The Bertz CT molecular complexity index is 866. The normalized spacial score (nSPS) is 20.2. The van der Waals surface area contributed by atoms with Gasteiger partial charge in [-0.25, -0.2) is 4.79 Å². The lowest BCUT2D eigenvalue weighted by Crippen LogP contribution is -2.30. The van der Waals surface area contributed by atoms with Crippen LogP contribution < -0.4 is 0 Å². The maximum absolute atomic E-state index is 12.3. The number of cyclic esters (lactones) is 1. The first-order chi connectivity index (χ1) is 15.0. The van der Waals surface area contributed by atoms with Crippen LogP contribution in [0.2, 0.25) is 0 Å². The molecule has 0 unspecified atom stereocenters. The smallest absolute Gasteiger partial charge is 0.331 e. The van der Waals surface area contributed by atoms with E-state index in [2.05, 4.69) is 46.8 Å². The Morgan fingerprint density at radius 1 is 1.12 bits per heavy atom. The first-order valence-electron chi connectivity index (χ1n) is 11.6. The van der Waals surface area contributed by atoms with Crippen molar-refractivity contribution in [2.75, 3.05) is 6.61 Å². The number of hydrogen-bond donors (Lipinski definition) is 0. The first-order valence-corrected chi connectivity index (χ1v) is 11.6. The summed E-state index contributed by atoms with van der Waals surface area (Å²) in [4.78, 5) is 35.1. The fraction of sp³-hybridized carbons (Fsp3) is 0.593. The Labute approximate surface area is 192 Å². The van der Waals surface area contributed by atoms with Gasteiger partial charge in [-0.1, -0.05) is 34.4 Å². The van der Waals surface area contributed by atoms with Crippen LogP contribution in [0.3, 0.4) is 0 Å². The van der Waals surface area contributed by atoms with Gasteiger partial charge < -0.3 is 9.47 Å². The third-order valence-electron chi connectivity index (χ3n) is 6.58. The number of ketones is 1. The van der Waals surface area contributed by atoms with Gasteiger partial charge in [-0.15, -0.1) is 0 Å². The predicted molar refractivity (Wildman–Crippen MR) is 126 cm³/mol. The van der Waals surface area contributed by atoms with Crippen molar-refractivity contribution >= 4 is 17.7 Å². The molecule has 0 radical (unpaired) electrons. The standard InChI is InChI=1S/C27H38O5/c1-18(10-13-23-20(3)12-15-25(29)27(23,5)6)8-7-9-19(2)11-14-24(32-21(4)28)22-16-26(30)31-17-22/h8,11,16,24H,7,9-10,12-15,17H2,1-6H3/b18-8+,19-11+/t24-/m1/s1. The molecule has 2 aliphatic rings. The van der Waals surface area contributed by atoms with Gasteiger partial charge in [0, 0.05) is 36.8 Å². The molecule has 1 atom stereocenters. The van der Waals surface area contributed by atoms with Gasteiger partial charge in [-0.2, -0.15) is 0 Å². The molecule has 5 heteroatoms. The summed E-state index contributed by atoms with van der Waals surface area (Å²) in [7, 11) is 0. The zero-order chi connectivity index (χ0) is 23.9. The highest BCUT2D eigenvalue weighted by Gasteiger charge is 2.35. The van der Waals surface area contributed by atoms with Crippen LogP contribution in [0.1, 0.15) is 86.5 Å². The Morgan fingerprint density at radius 2 is 1.81 bits per heavy atom. The van der Waals surface area contributed by atoms with Crippen LogP contribution in [0, 0.1) is 5.41 Å². The zero-order valence-corrected chi connectivity index (χ0v) is 20.5. The van der Waals surface area contributed by atoms with Gasteiger partial charge in [-0.3, -0.25) is 9.59 Å². The maximum Gasteiger partial charge on any atom is 0.331 e. The number of carbonyl (C=O) groups is 3. The topological polar surface area (TPSA) is 69.7 Å². The molecular weight excluding hydrogens is 404 g/mol. The number of esters is 2. The molecule has 0 spiro atoms. The van der Waals surface area contributed by atoms with Crippen molar-refractivity contribution in [3.8, 4) is 0 Å². The molecule has 0 saturated carbocycles. The second kappa shape index (κ2) is 11.4. The first kappa shape index (κ1) is 25.8. The van der Waals surface area contributed by atoms with Gasteiger partial charge in [0.15, 0.2) is 0 Å². The average molecular weight is 443 g/mol. The molecule has 0 aromatic carbocycles. The second-order valence-electron chi connectivity index (χ2n) is 9.61. The molecule has 5 nitrogen and oxygen atoms in total. The highest BCUT2D eigenvalue weighted by molar-refractivity contribution is 5.88. The summed E-state index contributed by atoms with van der Waals surface area (Å²) >= 11 is 0. The molecule has 0 aromatic heterocycles. The molecule has 0 saturated heterocycles. The number of hydrogen-bond acceptors (Lipinski definition) is 5. The molecule has 1 aliphatic carbocycles. The molecule has 0 aromatic rings. The van der Waals surface area contributed by atoms with Crippen LogP contribution in [-0.4, -0.2) is 30.4 Å². The summed E-state index contributed by atoms with van der Waals surface area (Å²) in [5, 5.41) is 0. The summed E-state index contributed by atoms with van der Waals surface area (Å²) in [6, 6.07) is 0. The average Bonchev–Trinajstić information content (AvgIpc) is 3.14. The molecule has 0 bridgehead atoms. The van der Waals surface area contributed by atoms with Crippen molar-refractivity contribution in [2.24, 2.45) is 5.41 Å². The van der Waals surface area contributed by atoms with E-state index in [1.165, 1.54) is 35.3 Å². The van der Waals surface area contributed by atoms with E-state index in [0.29, 0.717) is 24.2 Å². The third-order valence-corrected chi connectivity index (χ3v) is 6.58. The minimum Gasteiger partial charge on any atom is -0.458 e. The third kappa shape index (κ3) is 7.32. The number of allylic oxidation sites excluding steroid dienone is 5. The van der Waals surface area contributed by atoms with E-state index in [0.717, 1.165) is 32.1 Å². The lowest BCUT2D eigenvalue weighted by molar-refractivity contribution is -0.144. The zero-order valence-electron chi connectivity index (χ0n) is 20.5. The quantitative estimate of drug-likeness (QED) is 0.309. The SMILES string of the molecule is CC(=O)O[C@H](C/C=C(\C)CC/C=C(\C)CCC1=C(C)CCC(=O)C1(C)C)C1=CC(=O)OC1.